The zero-order chi connectivity index (χ0) is 38.6. The molecule has 1 atom stereocenters. The number of hydrogen-bond acceptors (Lipinski definition) is 0. The monoisotopic (exact) mass is 748 g/mol. The number of hydrogen-bond donors (Lipinski definition) is 0. The lowest BCUT2D eigenvalue weighted by Gasteiger charge is -2.15. The van der Waals surface area contributed by atoms with E-state index in [1.165, 1.54) is 115 Å². The molecule has 1 aliphatic carbocycles. The van der Waals surface area contributed by atoms with E-state index in [1.54, 1.807) is 0 Å². The van der Waals surface area contributed by atoms with Crippen LogP contribution in [0.2, 0.25) is 0 Å². The van der Waals surface area contributed by atoms with Crippen molar-refractivity contribution in [3.63, 3.8) is 0 Å². The second-order valence-corrected chi connectivity index (χ2v) is 16.0. The van der Waals surface area contributed by atoms with Gasteiger partial charge in [0, 0.05) is 38.5 Å². The lowest BCUT2D eigenvalue weighted by molar-refractivity contribution is 1.02. The maximum atomic E-state index is 2.51. The molecular weight excluding hydrogens is 713 g/mol. The molecule has 274 valence electrons. The van der Waals surface area contributed by atoms with Gasteiger partial charge in [0.05, 0.1) is 27.8 Å². The van der Waals surface area contributed by atoms with Crippen LogP contribution in [0.5, 0.6) is 0 Å². The predicted molar refractivity (Wildman–Crippen MR) is 248 cm³/mol. The zero-order valence-corrected chi connectivity index (χ0v) is 32.2. The van der Waals surface area contributed by atoms with Crippen LogP contribution >= 0.6 is 0 Å². The van der Waals surface area contributed by atoms with Crippen molar-refractivity contribution in [2.24, 2.45) is 0 Å². The first kappa shape index (κ1) is 32.4. The average molecular weight is 749 g/mol. The summed E-state index contributed by atoms with van der Waals surface area (Å²) in [7, 11) is 0. The normalized spacial score (nSPS) is 13.6. The molecule has 0 bridgehead atoms. The van der Waals surface area contributed by atoms with Crippen LogP contribution in [-0.2, 0) is 0 Å². The minimum Gasteiger partial charge on any atom is -0.309 e. The van der Waals surface area contributed by atoms with E-state index in [1.807, 2.05) is 0 Å². The largest absolute Gasteiger partial charge is 0.309 e. The molecule has 0 N–H and O–H groups in total. The quantitative estimate of drug-likeness (QED) is 0.170. The molecule has 1 unspecified atom stereocenters. The standard InChI is InChI=1S/C57H36N2/c1-2-15-38(16-3-1)55-45-21-8-9-22-46(45)56-47(55)29-32-54-57(56)49-35-41(27-31-53(49)59(54)50-24-12-18-37-14-6-7-19-43(37)50)40-26-30-52-48(34-40)44-20-10-11-23-51(44)58(52)42-28-25-36-13-4-5-17-39(36)33-42/h1-35,55H. The highest BCUT2D eigenvalue weighted by atomic mass is 15.0. The smallest absolute Gasteiger partial charge is 0.0547 e. The van der Waals surface area contributed by atoms with Crippen molar-refractivity contribution in [1.29, 1.82) is 0 Å². The Labute approximate surface area is 341 Å². The van der Waals surface area contributed by atoms with Gasteiger partial charge in [0.1, 0.15) is 0 Å². The van der Waals surface area contributed by atoms with E-state index in [9.17, 15) is 0 Å². The van der Waals surface area contributed by atoms with E-state index in [-0.39, 0.29) is 5.92 Å². The van der Waals surface area contributed by atoms with Gasteiger partial charge in [0.25, 0.3) is 0 Å². The minimum absolute atomic E-state index is 0.174. The second-order valence-electron chi connectivity index (χ2n) is 16.0. The highest BCUT2D eigenvalue weighted by Crippen LogP contribution is 2.53. The molecule has 0 aliphatic heterocycles. The molecule has 2 aromatic heterocycles. The Bertz CT molecular complexity index is 3670. The summed E-state index contributed by atoms with van der Waals surface area (Å²) in [6, 6.07) is 78.8. The molecule has 2 heterocycles. The number of fused-ring (bicyclic) bond motifs is 12. The maximum Gasteiger partial charge on any atom is 0.0547 e. The first-order valence-electron chi connectivity index (χ1n) is 20.5. The van der Waals surface area contributed by atoms with Gasteiger partial charge >= 0.3 is 0 Å². The summed E-state index contributed by atoms with van der Waals surface area (Å²) < 4.78 is 4.93. The molecule has 59 heavy (non-hydrogen) atoms. The van der Waals surface area contributed by atoms with E-state index in [0.29, 0.717) is 0 Å². The van der Waals surface area contributed by atoms with Crippen LogP contribution in [0.3, 0.4) is 0 Å². The molecule has 1 aliphatic rings. The fourth-order valence-electron chi connectivity index (χ4n) is 10.4. The van der Waals surface area contributed by atoms with Gasteiger partial charge in [-0.15, -0.1) is 0 Å². The van der Waals surface area contributed by atoms with Crippen LogP contribution in [0, 0.1) is 0 Å². The van der Waals surface area contributed by atoms with Crippen molar-refractivity contribution in [2.45, 2.75) is 5.92 Å². The Morgan fingerprint density at radius 2 is 0.983 bits per heavy atom. The third kappa shape index (κ3) is 4.69. The highest BCUT2D eigenvalue weighted by Gasteiger charge is 2.33. The fourth-order valence-corrected chi connectivity index (χ4v) is 10.4. The van der Waals surface area contributed by atoms with Crippen LogP contribution in [-0.4, -0.2) is 9.13 Å². The summed E-state index contributed by atoms with van der Waals surface area (Å²) >= 11 is 0. The van der Waals surface area contributed by atoms with Gasteiger partial charge in [0.2, 0.25) is 0 Å². The Kier molecular flexibility index (Phi) is 6.82. The van der Waals surface area contributed by atoms with E-state index >= 15 is 0 Å². The molecule has 0 amide bonds. The van der Waals surface area contributed by atoms with Crippen molar-refractivity contribution in [3.8, 4) is 33.6 Å². The number of aromatic nitrogens is 2. The lowest BCUT2D eigenvalue weighted by Crippen LogP contribution is -1.99. The SMILES string of the molecule is c1ccc(C2c3ccccc3-c3c2ccc2c3c3cc(-c4ccc5c(c4)c4ccccc4n5-c4ccc5ccccc5c4)ccc3n2-c2cccc3ccccc23)cc1. The summed E-state index contributed by atoms with van der Waals surface area (Å²) in [5.74, 6) is 0.174. The molecule has 0 saturated carbocycles. The maximum absolute atomic E-state index is 2.51. The van der Waals surface area contributed by atoms with Crippen LogP contribution in [0.4, 0.5) is 0 Å². The van der Waals surface area contributed by atoms with E-state index in [0.717, 1.165) is 0 Å². The second kappa shape index (κ2) is 12.4. The van der Waals surface area contributed by atoms with E-state index in [4.69, 9.17) is 0 Å². The zero-order valence-electron chi connectivity index (χ0n) is 32.2. The van der Waals surface area contributed by atoms with Gasteiger partial charge in [-0.25, -0.2) is 0 Å². The Morgan fingerprint density at radius 3 is 1.85 bits per heavy atom. The van der Waals surface area contributed by atoms with Gasteiger partial charge in [0.15, 0.2) is 0 Å². The molecule has 0 saturated heterocycles. The van der Waals surface area contributed by atoms with Gasteiger partial charge in [-0.2, -0.15) is 0 Å². The highest BCUT2D eigenvalue weighted by molar-refractivity contribution is 6.19. The summed E-state index contributed by atoms with van der Waals surface area (Å²) in [6.45, 7) is 0. The average Bonchev–Trinajstić information content (AvgIpc) is 3.94. The van der Waals surface area contributed by atoms with E-state index < -0.39 is 0 Å². The van der Waals surface area contributed by atoms with Crippen LogP contribution in [0.1, 0.15) is 22.6 Å². The molecule has 0 fully saturated rings. The van der Waals surface area contributed by atoms with Gasteiger partial charge in [-0.1, -0.05) is 158 Å². The fraction of sp³-hybridized carbons (Fsp3) is 0.0175. The summed E-state index contributed by atoms with van der Waals surface area (Å²) in [6.07, 6.45) is 0. The molecular formula is C57H36N2. The minimum atomic E-state index is 0.174. The first-order valence-corrected chi connectivity index (χ1v) is 20.5. The molecule has 0 spiro atoms. The van der Waals surface area contributed by atoms with Crippen LogP contribution < -0.4 is 0 Å². The number of benzene rings is 10. The molecule has 10 aromatic carbocycles. The lowest BCUT2D eigenvalue weighted by atomic mass is 9.89. The third-order valence-corrected chi connectivity index (χ3v) is 13.0. The Hall–Kier alpha value is -7.68. The van der Waals surface area contributed by atoms with Crippen molar-refractivity contribution in [3.05, 3.63) is 229 Å². The predicted octanol–water partition coefficient (Wildman–Crippen LogP) is 15.0. The summed E-state index contributed by atoms with van der Waals surface area (Å²) in [5.41, 5.74) is 16.4. The first-order chi connectivity index (χ1) is 29.3. The van der Waals surface area contributed by atoms with Gasteiger partial charge < -0.3 is 9.13 Å². The van der Waals surface area contributed by atoms with Crippen LogP contribution in [0.25, 0.3) is 98.8 Å². The topological polar surface area (TPSA) is 9.86 Å². The summed E-state index contributed by atoms with van der Waals surface area (Å²) in [4.78, 5) is 0. The summed E-state index contributed by atoms with van der Waals surface area (Å²) in [5, 5.41) is 10.1. The molecule has 0 radical (unpaired) electrons. The Morgan fingerprint density at radius 1 is 0.339 bits per heavy atom. The third-order valence-electron chi connectivity index (χ3n) is 13.0. The number of para-hydroxylation sites is 1. The molecule has 2 nitrogen and oxygen atoms in total. The van der Waals surface area contributed by atoms with Crippen molar-refractivity contribution >= 4 is 65.2 Å². The van der Waals surface area contributed by atoms with Crippen molar-refractivity contribution < 1.29 is 0 Å². The van der Waals surface area contributed by atoms with Crippen LogP contribution in [0.15, 0.2) is 212 Å². The van der Waals surface area contributed by atoms with E-state index in [2.05, 4.69) is 221 Å². The van der Waals surface area contributed by atoms with Crippen molar-refractivity contribution in [2.75, 3.05) is 0 Å². The van der Waals surface area contributed by atoms with Crippen molar-refractivity contribution in [1.82, 2.24) is 9.13 Å². The molecule has 2 heteroatoms. The van der Waals surface area contributed by atoms with Gasteiger partial charge in [-0.05, 0) is 110 Å². The number of rotatable bonds is 4. The molecule has 12 aromatic rings. The number of nitrogens with zero attached hydrogens (tertiary/aromatic N) is 2. The Balaban J connectivity index is 1.08. The van der Waals surface area contributed by atoms with Gasteiger partial charge in [-0.3, -0.25) is 0 Å². The molecule has 13 rings (SSSR count).